The lowest BCUT2D eigenvalue weighted by Crippen LogP contribution is -1.94. The highest BCUT2D eigenvalue weighted by atomic mass is 79.9. The molecule has 1 heterocycles. The van der Waals surface area contributed by atoms with E-state index in [1.807, 2.05) is 12.1 Å². The number of fused-ring (bicyclic) bond motifs is 1. The van der Waals surface area contributed by atoms with Gasteiger partial charge >= 0.3 is 0 Å². The molecule has 3 aromatic rings. The molecule has 2 aromatic carbocycles. The Balaban J connectivity index is 2.01. The summed E-state index contributed by atoms with van der Waals surface area (Å²) in [6.07, 6.45) is 0. The molecule has 4 heteroatoms. The number of rotatable bonds is 2. The van der Waals surface area contributed by atoms with Crippen molar-refractivity contribution in [3.05, 3.63) is 52.0 Å². The van der Waals surface area contributed by atoms with Crippen molar-refractivity contribution in [1.29, 1.82) is 0 Å². The van der Waals surface area contributed by atoms with Gasteiger partial charge in [-0.25, -0.2) is 4.98 Å². The molecule has 19 heavy (non-hydrogen) atoms. The van der Waals surface area contributed by atoms with Crippen molar-refractivity contribution in [1.82, 2.24) is 4.98 Å². The molecule has 1 aromatic heterocycles. The number of nitrogens with one attached hydrogen (secondary N) is 1. The fraction of sp³-hybridized carbons (Fsp3) is 0.133. The highest BCUT2D eigenvalue weighted by Gasteiger charge is 2.07. The molecular weight excluding hydrogens is 320 g/mol. The summed E-state index contributed by atoms with van der Waals surface area (Å²) < 4.78 is 2.27. The van der Waals surface area contributed by atoms with Gasteiger partial charge in [0.1, 0.15) is 0 Å². The molecule has 0 saturated carbocycles. The predicted molar refractivity (Wildman–Crippen MR) is 86.5 cm³/mol. The van der Waals surface area contributed by atoms with Crippen LogP contribution in [0, 0.1) is 13.8 Å². The number of nitrogens with zero attached hydrogens (tertiary/aromatic N) is 1. The predicted octanol–water partition coefficient (Wildman–Crippen LogP) is 5.42. The summed E-state index contributed by atoms with van der Waals surface area (Å²) in [5.41, 5.74) is 4.66. The van der Waals surface area contributed by atoms with Crippen LogP contribution in [0.15, 0.2) is 40.9 Å². The Bertz CT molecular complexity index is 729. The van der Waals surface area contributed by atoms with Crippen molar-refractivity contribution >= 4 is 48.3 Å². The number of aromatic nitrogens is 1. The van der Waals surface area contributed by atoms with Crippen molar-refractivity contribution < 1.29 is 0 Å². The molecular formula is C15H13BrN2S. The second-order valence-electron chi connectivity index (χ2n) is 4.52. The molecule has 0 unspecified atom stereocenters. The fourth-order valence-electron chi connectivity index (χ4n) is 2.07. The minimum Gasteiger partial charge on any atom is -0.331 e. The van der Waals surface area contributed by atoms with Gasteiger partial charge < -0.3 is 5.32 Å². The number of benzene rings is 2. The first-order valence-corrected chi connectivity index (χ1v) is 7.64. The average Bonchev–Trinajstić information content (AvgIpc) is 2.75. The molecule has 0 aliphatic rings. The third-order valence-corrected chi connectivity index (χ3v) is 4.49. The minimum absolute atomic E-state index is 0.936. The monoisotopic (exact) mass is 332 g/mol. The van der Waals surface area contributed by atoms with E-state index in [1.54, 1.807) is 11.3 Å². The number of thiazole rings is 1. The topological polar surface area (TPSA) is 24.9 Å². The molecule has 3 rings (SSSR count). The van der Waals surface area contributed by atoms with Crippen molar-refractivity contribution in [2.24, 2.45) is 0 Å². The first kappa shape index (κ1) is 12.6. The zero-order valence-corrected chi connectivity index (χ0v) is 13.1. The van der Waals surface area contributed by atoms with Crippen LogP contribution in [0.4, 0.5) is 10.8 Å². The van der Waals surface area contributed by atoms with Crippen LogP contribution in [0.1, 0.15) is 11.1 Å². The van der Waals surface area contributed by atoms with Crippen LogP contribution in [0.2, 0.25) is 0 Å². The SMILES string of the molecule is Cc1cccc(C)c1Nc1nc2ccc(Br)cc2s1. The summed E-state index contributed by atoms with van der Waals surface area (Å²) in [5.74, 6) is 0. The Hall–Kier alpha value is -1.39. The minimum atomic E-state index is 0.936. The van der Waals surface area contributed by atoms with E-state index in [9.17, 15) is 0 Å². The van der Waals surface area contributed by atoms with Gasteiger partial charge in [-0.3, -0.25) is 0 Å². The van der Waals surface area contributed by atoms with Gasteiger partial charge in [0.25, 0.3) is 0 Å². The molecule has 0 atom stereocenters. The fourth-order valence-corrected chi connectivity index (χ4v) is 3.49. The largest absolute Gasteiger partial charge is 0.331 e. The quantitative estimate of drug-likeness (QED) is 0.677. The second kappa shape index (κ2) is 4.94. The van der Waals surface area contributed by atoms with Crippen LogP contribution in [-0.4, -0.2) is 4.98 Å². The van der Waals surface area contributed by atoms with Crippen LogP contribution in [0.5, 0.6) is 0 Å². The van der Waals surface area contributed by atoms with Gasteiger partial charge in [-0.05, 0) is 43.2 Å². The summed E-state index contributed by atoms with van der Waals surface area (Å²) in [7, 11) is 0. The van der Waals surface area contributed by atoms with Gasteiger partial charge in [-0.1, -0.05) is 45.5 Å². The number of hydrogen-bond donors (Lipinski definition) is 1. The summed E-state index contributed by atoms with van der Waals surface area (Å²) >= 11 is 5.16. The van der Waals surface area contributed by atoms with Gasteiger partial charge in [0.15, 0.2) is 5.13 Å². The maximum Gasteiger partial charge on any atom is 0.188 e. The van der Waals surface area contributed by atoms with Crippen LogP contribution < -0.4 is 5.32 Å². The number of para-hydroxylation sites is 1. The van der Waals surface area contributed by atoms with E-state index in [1.165, 1.54) is 15.8 Å². The lowest BCUT2D eigenvalue weighted by molar-refractivity contribution is 1.34. The molecule has 0 saturated heterocycles. The normalized spacial score (nSPS) is 10.9. The summed E-state index contributed by atoms with van der Waals surface area (Å²) in [6.45, 7) is 4.22. The molecule has 2 nitrogen and oxygen atoms in total. The van der Waals surface area contributed by atoms with Crippen molar-refractivity contribution in [3.63, 3.8) is 0 Å². The van der Waals surface area contributed by atoms with E-state index in [0.717, 1.165) is 20.8 Å². The Morgan fingerprint density at radius 1 is 1.11 bits per heavy atom. The third kappa shape index (κ3) is 2.51. The van der Waals surface area contributed by atoms with Crippen molar-refractivity contribution in [3.8, 4) is 0 Å². The number of aryl methyl sites for hydroxylation is 2. The van der Waals surface area contributed by atoms with Gasteiger partial charge in [0.2, 0.25) is 0 Å². The molecule has 0 fully saturated rings. The first-order chi connectivity index (χ1) is 9.13. The zero-order chi connectivity index (χ0) is 13.4. The van der Waals surface area contributed by atoms with E-state index >= 15 is 0 Å². The van der Waals surface area contributed by atoms with Gasteiger partial charge in [-0.2, -0.15) is 0 Å². The molecule has 96 valence electrons. The summed E-state index contributed by atoms with van der Waals surface area (Å²) in [5, 5.41) is 4.38. The Labute approximate surface area is 124 Å². The molecule has 0 aliphatic heterocycles. The molecule has 0 amide bonds. The second-order valence-corrected chi connectivity index (χ2v) is 6.47. The van der Waals surface area contributed by atoms with Crippen LogP contribution in [0.25, 0.3) is 10.2 Å². The zero-order valence-electron chi connectivity index (χ0n) is 10.7. The van der Waals surface area contributed by atoms with E-state index in [-0.39, 0.29) is 0 Å². The first-order valence-electron chi connectivity index (χ1n) is 6.03. The van der Waals surface area contributed by atoms with E-state index < -0.39 is 0 Å². The third-order valence-electron chi connectivity index (χ3n) is 3.06. The smallest absolute Gasteiger partial charge is 0.188 e. The molecule has 0 radical (unpaired) electrons. The van der Waals surface area contributed by atoms with Crippen LogP contribution >= 0.6 is 27.3 Å². The standard InChI is InChI=1S/C15H13BrN2S/c1-9-4-3-5-10(2)14(9)18-15-17-12-7-6-11(16)8-13(12)19-15/h3-8H,1-2H3,(H,17,18). The highest BCUT2D eigenvalue weighted by Crippen LogP contribution is 2.32. The van der Waals surface area contributed by atoms with E-state index in [0.29, 0.717) is 0 Å². The lowest BCUT2D eigenvalue weighted by atomic mass is 10.1. The maximum absolute atomic E-state index is 4.62. The lowest BCUT2D eigenvalue weighted by Gasteiger charge is -2.09. The number of hydrogen-bond acceptors (Lipinski definition) is 3. The molecule has 0 spiro atoms. The number of anilines is 2. The Kier molecular flexibility index (Phi) is 3.29. The molecule has 0 aliphatic carbocycles. The molecule has 1 N–H and O–H groups in total. The van der Waals surface area contributed by atoms with Crippen LogP contribution in [-0.2, 0) is 0 Å². The van der Waals surface area contributed by atoms with Gasteiger partial charge in [0, 0.05) is 10.2 Å². The average molecular weight is 333 g/mol. The highest BCUT2D eigenvalue weighted by molar-refractivity contribution is 9.10. The van der Waals surface area contributed by atoms with Crippen LogP contribution in [0.3, 0.4) is 0 Å². The number of halogens is 1. The Morgan fingerprint density at radius 2 is 1.84 bits per heavy atom. The van der Waals surface area contributed by atoms with Crippen molar-refractivity contribution in [2.45, 2.75) is 13.8 Å². The van der Waals surface area contributed by atoms with Gasteiger partial charge in [-0.15, -0.1) is 0 Å². The van der Waals surface area contributed by atoms with E-state index in [2.05, 4.69) is 64.3 Å². The van der Waals surface area contributed by atoms with Crippen molar-refractivity contribution in [2.75, 3.05) is 5.32 Å². The molecule has 0 bridgehead atoms. The summed E-state index contributed by atoms with van der Waals surface area (Å²) in [4.78, 5) is 4.62. The Morgan fingerprint density at radius 3 is 2.58 bits per heavy atom. The van der Waals surface area contributed by atoms with Gasteiger partial charge in [0.05, 0.1) is 10.2 Å². The maximum atomic E-state index is 4.62. The van der Waals surface area contributed by atoms with E-state index in [4.69, 9.17) is 0 Å². The summed E-state index contributed by atoms with van der Waals surface area (Å²) in [6, 6.07) is 12.4.